The predicted octanol–water partition coefficient (Wildman–Crippen LogP) is 3.23. The van der Waals surface area contributed by atoms with E-state index in [0.717, 1.165) is 54.9 Å². The van der Waals surface area contributed by atoms with Crippen molar-refractivity contribution in [2.24, 2.45) is 11.8 Å². The molecule has 1 fully saturated rings. The number of nitrogens with zero attached hydrogens (tertiary/aromatic N) is 4. The largest absolute Gasteiger partial charge is 0.489 e. The zero-order chi connectivity index (χ0) is 26.1. The molecule has 9 heteroatoms. The number of anilines is 3. The van der Waals surface area contributed by atoms with Gasteiger partial charge in [-0.15, -0.1) is 0 Å². The third-order valence-electron chi connectivity index (χ3n) is 7.74. The van der Waals surface area contributed by atoms with Gasteiger partial charge >= 0.3 is 0 Å². The number of ether oxygens (including phenoxy) is 1. The third-order valence-corrected chi connectivity index (χ3v) is 7.74. The minimum absolute atomic E-state index is 0.0111. The van der Waals surface area contributed by atoms with Crippen molar-refractivity contribution in [3.8, 4) is 5.75 Å². The summed E-state index contributed by atoms with van der Waals surface area (Å²) in [4.78, 5) is 6.77. The predicted molar refractivity (Wildman–Crippen MR) is 150 cm³/mol. The van der Waals surface area contributed by atoms with Gasteiger partial charge in [-0.2, -0.15) is 5.10 Å². The Balaban J connectivity index is 1.37. The highest BCUT2D eigenvalue weighted by Gasteiger charge is 2.35. The molecule has 7 N–H and O–H groups in total. The van der Waals surface area contributed by atoms with Gasteiger partial charge in [-0.25, -0.2) is 10.8 Å². The molecule has 2 aromatic heterocycles. The summed E-state index contributed by atoms with van der Waals surface area (Å²) in [5.74, 6) is 7.76. The Morgan fingerprint density at radius 1 is 1.03 bits per heavy atom. The maximum absolute atomic E-state index is 6.65. The highest BCUT2D eigenvalue weighted by molar-refractivity contribution is 5.70. The van der Waals surface area contributed by atoms with Gasteiger partial charge in [-0.3, -0.25) is 9.58 Å². The van der Waals surface area contributed by atoms with Crippen LogP contribution in [-0.2, 0) is 13.0 Å². The standard InChI is InChI=1S/C29H34N8O/c30-27-13-25(28(31)29(34-27)35-32)24-9-10-36-16-21(11-19-5-2-1-3-6-19)26(18-36)38-23-8-4-7-20(12-23)15-37-17-22(24)14-33-37/h1-8,12-14,17,21,24,26H,9-11,15-16,18,31-32H2,(H3,30,34,35). The molecule has 38 heavy (non-hydrogen) atoms. The maximum atomic E-state index is 6.65. The first-order valence-corrected chi connectivity index (χ1v) is 13.1. The molecule has 4 heterocycles. The summed E-state index contributed by atoms with van der Waals surface area (Å²) < 4.78 is 8.61. The number of nitrogens with two attached hydrogens (primary N) is 3. The fraction of sp³-hybridized carbons (Fsp3) is 0.310. The number of nitrogens with one attached hydrogen (secondary N) is 1. The van der Waals surface area contributed by atoms with Crippen LogP contribution in [0.1, 0.15) is 34.6 Å². The van der Waals surface area contributed by atoms with Crippen molar-refractivity contribution in [3.05, 3.63) is 95.3 Å². The molecule has 6 bridgehead atoms. The van der Waals surface area contributed by atoms with Gasteiger partial charge in [0, 0.05) is 31.1 Å². The number of rotatable bonds is 4. The number of aromatic nitrogens is 3. The second kappa shape index (κ2) is 10.4. The normalized spacial score (nSPS) is 22.9. The molecule has 4 atom stereocenters. The van der Waals surface area contributed by atoms with Gasteiger partial charge < -0.3 is 21.6 Å². The maximum Gasteiger partial charge on any atom is 0.165 e. The quantitative estimate of drug-likeness (QED) is 0.243. The molecular weight excluding hydrogens is 476 g/mol. The number of fused-ring (bicyclic) bond motifs is 6. The first kappa shape index (κ1) is 24.3. The van der Waals surface area contributed by atoms with Crippen molar-refractivity contribution in [1.82, 2.24) is 19.7 Å². The van der Waals surface area contributed by atoms with Crippen molar-refractivity contribution in [1.29, 1.82) is 0 Å². The lowest BCUT2D eigenvalue weighted by molar-refractivity contribution is 0.166. The van der Waals surface area contributed by atoms with Crippen LogP contribution in [0.4, 0.5) is 17.3 Å². The van der Waals surface area contributed by atoms with E-state index in [4.69, 9.17) is 22.0 Å². The average molecular weight is 511 g/mol. The van der Waals surface area contributed by atoms with E-state index in [1.807, 2.05) is 16.9 Å². The van der Waals surface area contributed by atoms with Crippen LogP contribution < -0.4 is 27.5 Å². The summed E-state index contributed by atoms with van der Waals surface area (Å²) in [5, 5.41) is 4.67. The van der Waals surface area contributed by atoms with E-state index in [-0.39, 0.29) is 12.0 Å². The van der Waals surface area contributed by atoms with Gasteiger partial charge in [0.15, 0.2) is 5.82 Å². The third kappa shape index (κ3) is 5.03. The summed E-state index contributed by atoms with van der Waals surface area (Å²) in [5.41, 5.74) is 20.3. The van der Waals surface area contributed by atoms with E-state index in [1.165, 1.54) is 5.56 Å². The Morgan fingerprint density at radius 3 is 2.74 bits per heavy atom. The summed E-state index contributed by atoms with van der Waals surface area (Å²) >= 11 is 0. The molecular formula is C29H34N8O. The van der Waals surface area contributed by atoms with Crippen LogP contribution in [-0.4, -0.2) is 45.4 Å². The molecule has 2 aliphatic rings. The number of pyridine rings is 1. The first-order valence-electron chi connectivity index (χ1n) is 13.1. The lowest BCUT2D eigenvalue weighted by Gasteiger charge is -2.23. The van der Waals surface area contributed by atoms with Crippen molar-refractivity contribution in [2.45, 2.75) is 31.4 Å². The highest BCUT2D eigenvalue weighted by Crippen LogP contribution is 2.37. The van der Waals surface area contributed by atoms with Gasteiger partial charge in [-0.05, 0) is 59.8 Å². The Kier molecular flexibility index (Phi) is 6.61. The van der Waals surface area contributed by atoms with E-state index in [1.54, 1.807) is 0 Å². The van der Waals surface area contributed by atoms with E-state index in [0.29, 0.717) is 29.8 Å². The summed E-state index contributed by atoms with van der Waals surface area (Å²) in [6.45, 7) is 3.37. The molecule has 0 aliphatic carbocycles. The minimum atomic E-state index is -0.0111. The SMILES string of the molecule is NNc1nc(N)cc(C2CCN3CC(Cc4ccccc4)C(C3)Oc3cccc(c3)Cn3cc2cn3)c1N. The van der Waals surface area contributed by atoms with Gasteiger partial charge in [-0.1, -0.05) is 42.5 Å². The molecule has 0 saturated carbocycles. The smallest absolute Gasteiger partial charge is 0.165 e. The summed E-state index contributed by atoms with van der Waals surface area (Å²) in [6.07, 6.45) is 5.96. The number of hydrogen-bond acceptors (Lipinski definition) is 8. The molecule has 9 nitrogen and oxygen atoms in total. The number of benzene rings is 2. The number of nitrogen functional groups attached to an aromatic ring is 3. The fourth-order valence-corrected chi connectivity index (χ4v) is 5.89. The second-order valence-corrected chi connectivity index (χ2v) is 10.4. The molecule has 2 aromatic carbocycles. The monoisotopic (exact) mass is 510 g/mol. The van der Waals surface area contributed by atoms with Gasteiger partial charge in [0.05, 0.1) is 18.4 Å². The molecule has 2 aliphatic heterocycles. The zero-order valence-corrected chi connectivity index (χ0v) is 21.3. The Hall–Kier alpha value is -4.08. The van der Waals surface area contributed by atoms with E-state index in [2.05, 4.69) is 81.2 Å². The molecule has 4 aromatic rings. The molecule has 6 rings (SSSR count). The van der Waals surface area contributed by atoms with E-state index in [9.17, 15) is 0 Å². The van der Waals surface area contributed by atoms with Gasteiger partial charge in [0.1, 0.15) is 17.7 Å². The second-order valence-electron chi connectivity index (χ2n) is 10.4. The van der Waals surface area contributed by atoms with E-state index < -0.39 is 0 Å². The van der Waals surface area contributed by atoms with Crippen LogP contribution in [0.25, 0.3) is 0 Å². The van der Waals surface area contributed by atoms with Crippen molar-refractivity contribution in [3.63, 3.8) is 0 Å². The molecule has 1 saturated heterocycles. The highest BCUT2D eigenvalue weighted by atomic mass is 16.5. The van der Waals surface area contributed by atoms with Crippen molar-refractivity contribution >= 4 is 17.3 Å². The van der Waals surface area contributed by atoms with E-state index >= 15 is 0 Å². The molecule has 0 spiro atoms. The van der Waals surface area contributed by atoms with Crippen molar-refractivity contribution in [2.75, 3.05) is 36.5 Å². The van der Waals surface area contributed by atoms with Gasteiger partial charge in [0.25, 0.3) is 0 Å². The summed E-state index contributed by atoms with van der Waals surface area (Å²) in [6, 6.07) is 20.9. The Morgan fingerprint density at radius 2 is 1.89 bits per heavy atom. The minimum Gasteiger partial charge on any atom is -0.489 e. The summed E-state index contributed by atoms with van der Waals surface area (Å²) in [7, 11) is 0. The molecule has 0 radical (unpaired) electrons. The van der Waals surface area contributed by atoms with Crippen LogP contribution in [0.5, 0.6) is 5.75 Å². The lowest BCUT2D eigenvalue weighted by Crippen LogP contribution is -2.28. The first-order chi connectivity index (χ1) is 18.6. The Bertz CT molecular complexity index is 1400. The molecule has 0 amide bonds. The topological polar surface area (TPSA) is 133 Å². The molecule has 196 valence electrons. The van der Waals surface area contributed by atoms with Crippen molar-refractivity contribution < 1.29 is 4.74 Å². The molecule has 4 unspecified atom stereocenters. The van der Waals surface area contributed by atoms with Crippen LogP contribution in [0, 0.1) is 5.92 Å². The van der Waals surface area contributed by atoms with Crippen LogP contribution in [0.15, 0.2) is 73.1 Å². The average Bonchev–Trinajstić information content (AvgIpc) is 3.53. The van der Waals surface area contributed by atoms with Crippen LogP contribution in [0.2, 0.25) is 0 Å². The van der Waals surface area contributed by atoms with Crippen LogP contribution in [0.3, 0.4) is 0 Å². The number of hydrazine groups is 1. The number of hydrogen-bond donors (Lipinski definition) is 4. The lowest BCUT2D eigenvalue weighted by atomic mass is 9.89. The Labute approximate surface area is 222 Å². The van der Waals surface area contributed by atoms with Gasteiger partial charge in [0.2, 0.25) is 0 Å². The fourth-order valence-electron chi connectivity index (χ4n) is 5.89. The van der Waals surface area contributed by atoms with Crippen LogP contribution >= 0.6 is 0 Å². The zero-order valence-electron chi connectivity index (χ0n) is 21.3.